The summed E-state index contributed by atoms with van der Waals surface area (Å²) in [5.74, 6) is -6.77. The van der Waals surface area contributed by atoms with E-state index in [-0.39, 0.29) is 11.1 Å². The molecule has 0 bridgehead atoms. The lowest BCUT2D eigenvalue weighted by Gasteiger charge is -2.54. The maximum atomic E-state index is 13.2. The Labute approximate surface area is 171 Å². The number of nitrogens with zero attached hydrogens (tertiary/aromatic N) is 1. The molecule has 0 unspecified atom stereocenters. The zero-order chi connectivity index (χ0) is 22.3. The Hall–Kier alpha value is -2.72. The predicted octanol–water partition coefficient (Wildman–Crippen LogP) is -0.0991. The second-order valence-electron chi connectivity index (χ2n) is 8.54. The Morgan fingerprint density at radius 2 is 1.70 bits per heavy atom. The first-order valence-electron chi connectivity index (χ1n) is 9.41. The fourth-order valence-corrected chi connectivity index (χ4v) is 5.30. The van der Waals surface area contributed by atoms with Crippen LogP contribution in [0, 0.1) is 11.8 Å². The fraction of sp³-hybridized carbons (Fsp3) is 0.429. The van der Waals surface area contributed by atoms with Crippen LogP contribution < -0.4 is 0 Å². The van der Waals surface area contributed by atoms with Crippen LogP contribution in [0.3, 0.4) is 0 Å². The lowest BCUT2D eigenvalue weighted by molar-refractivity contribution is -0.171. The first kappa shape index (κ1) is 20.5. The van der Waals surface area contributed by atoms with Crippen molar-refractivity contribution in [1.82, 2.24) is 4.90 Å². The Kier molecular flexibility index (Phi) is 4.21. The Morgan fingerprint density at radius 1 is 1.07 bits per heavy atom. The number of fused-ring (bicyclic) bond motifs is 3. The van der Waals surface area contributed by atoms with Crippen LogP contribution in [0.4, 0.5) is 0 Å². The van der Waals surface area contributed by atoms with Crippen molar-refractivity contribution in [2.24, 2.45) is 11.8 Å². The number of aromatic hydroxyl groups is 1. The number of carbonyl (C=O) groups is 2. The number of aliphatic hydroxyl groups excluding tert-OH is 3. The Bertz CT molecular complexity index is 1040. The van der Waals surface area contributed by atoms with Gasteiger partial charge in [-0.1, -0.05) is 12.1 Å². The van der Waals surface area contributed by atoms with E-state index in [1.54, 1.807) is 14.1 Å². The van der Waals surface area contributed by atoms with Crippen LogP contribution in [0.15, 0.2) is 41.4 Å². The van der Waals surface area contributed by atoms with E-state index in [1.165, 1.54) is 30.0 Å². The fourth-order valence-electron chi connectivity index (χ4n) is 5.30. The molecule has 1 aromatic carbocycles. The summed E-state index contributed by atoms with van der Waals surface area (Å²) in [4.78, 5) is 27.4. The Balaban J connectivity index is 2.07. The highest BCUT2D eigenvalue weighted by Crippen LogP contribution is 2.55. The lowest BCUT2D eigenvalue weighted by atomic mass is 9.55. The number of aliphatic hydroxyl groups is 5. The van der Waals surface area contributed by atoms with Crippen molar-refractivity contribution >= 4 is 11.6 Å². The first-order valence-corrected chi connectivity index (χ1v) is 9.41. The van der Waals surface area contributed by atoms with E-state index in [1.807, 2.05) is 0 Å². The van der Waals surface area contributed by atoms with Crippen LogP contribution in [-0.2, 0) is 10.4 Å². The number of Topliss-reactive ketones (excluding diaryl/α,β-unsaturated/α-hetero) is 1. The third kappa shape index (κ3) is 2.26. The third-order valence-corrected chi connectivity index (χ3v) is 6.64. The number of benzene rings is 1. The van der Waals surface area contributed by atoms with Crippen molar-refractivity contribution in [3.05, 3.63) is 52.5 Å². The van der Waals surface area contributed by atoms with Crippen molar-refractivity contribution in [2.45, 2.75) is 30.3 Å². The van der Waals surface area contributed by atoms with Crippen LogP contribution in [0.5, 0.6) is 5.75 Å². The smallest absolute Gasteiger partial charge is 0.198 e. The van der Waals surface area contributed by atoms with Gasteiger partial charge in [-0.3, -0.25) is 14.5 Å². The summed E-state index contributed by atoms with van der Waals surface area (Å²) in [7, 11) is 3.09. The number of ketones is 2. The molecule has 3 aliphatic carbocycles. The minimum Gasteiger partial charge on any atom is -0.510 e. The summed E-state index contributed by atoms with van der Waals surface area (Å²) in [5, 5.41) is 65.5. The lowest BCUT2D eigenvalue weighted by Crippen LogP contribution is -2.68. The maximum Gasteiger partial charge on any atom is 0.198 e. The van der Waals surface area contributed by atoms with E-state index in [2.05, 4.69) is 0 Å². The van der Waals surface area contributed by atoms with Gasteiger partial charge in [0.2, 0.25) is 0 Å². The van der Waals surface area contributed by atoms with Crippen molar-refractivity contribution < 1.29 is 40.2 Å². The first-order chi connectivity index (χ1) is 13.9. The number of phenolic OH excluding ortho intramolecular Hbond substituents is 1. The zero-order valence-electron chi connectivity index (χ0n) is 16.6. The van der Waals surface area contributed by atoms with Gasteiger partial charge in [-0.15, -0.1) is 0 Å². The second-order valence-corrected chi connectivity index (χ2v) is 8.54. The number of phenols is 1. The summed E-state index contributed by atoms with van der Waals surface area (Å²) in [6, 6.07) is 3.00. The molecule has 160 valence electrons. The van der Waals surface area contributed by atoms with E-state index in [0.717, 1.165) is 6.08 Å². The van der Waals surface area contributed by atoms with E-state index in [9.17, 15) is 40.2 Å². The van der Waals surface area contributed by atoms with Crippen LogP contribution >= 0.6 is 0 Å². The van der Waals surface area contributed by atoms with E-state index in [4.69, 9.17) is 0 Å². The average molecular weight is 417 g/mol. The molecule has 0 spiro atoms. The second kappa shape index (κ2) is 6.14. The standard InChI is InChI=1S/C21H23NO8/c1-20(29)8-5-4-6-9(23)12(8)17(26)13-14(20)18(27)15-16(22(2)3)10(24)7-11(25)21(15,30)19(13)28/h4-7,14-16,18,23-24,27-30H,1-3H3/t14-,15-,16-,18+,20-,21+/m1/s1. The highest BCUT2D eigenvalue weighted by molar-refractivity contribution is 6.15. The predicted molar refractivity (Wildman–Crippen MR) is 103 cm³/mol. The molecule has 9 heteroatoms. The molecule has 9 nitrogen and oxygen atoms in total. The van der Waals surface area contributed by atoms with Gasteiger partial charge in [0.25, 0.3) is 0 Å². The molecule has 0 amide bonds. The normalized spacial score (nSPS) is 38.2. The summed E-state index contributed by atoms with van der Waals surface area (Å²) < 4.78 is 0. The van der Waals surface area contributed by atoms with Gasteiger partial charge in [0.1, 0.15) is 17.3 Å². The van der Waals surface area contributed by atoms with Crippen molar-refractivity contribution in [3.63, 3.8) is 0 Å². The number of hydrogen-bond acceptors (Lipinski definition) is 9. The molecule has 0 aromatic heterocycles. The minimum absolute atomic E-state index is 0.0434. The number of hydrogen-bond donors (Lipinski definition) is 6. The number of likely N-dealkylation sites (N-methyl/N-ethyl adjacent to an activating group) is 1. The average Bonchev–Trinajstić information content (AvgIpc) is 2.64. The molecule has 1 aromatic rings. The van der Waals surface area contributed by atoms with Gasteiger partial charge in [0, 0.05) is 6.08 Å². The van der Waals surface area contributed by atoms with Gasteiger partial charge in [-0.25, -0.2) is 0 Å². The molecule has 0 aliphatic heterocycles. The quantitative estimate of drug-likeness (QED) is 0.367. The SMILES string of the molecule is CN(C)[C@@H]1C(O)=CC(=O)[C@@]2(O)C(O)=C3C(=O)c4c(O)cccc4[C@@](C)(O)[C@H]3[C@H](O)[C@@H]12. The van der Waals surface area contributed by atoms with Crippen LogP contribution in [0.1, 0.15) is 22.8 Å². The topological polar surface area (TPSA) is 159 Å². The molecule has 0 saturated carbocycles. The van der Waals surface area contributed by atoms with E-state index < -0.39 is 69.6 Å². The van der Waals surface area contributed by atoms with Crippen LogP contribution in [0.2, 0.25) is 0 Å². The number of carbonyl (C=O) groups excluding carboxylic acids is 2. The largest absolute Gasteiger partial charge is 0.510 e. The summed E-state index contributed by atoms with van der Waals surface area (Å²) in [5.41, 5.74) is -5.41. The highest BCUT2D eigenvalue weighted by Gasteiger charge is 2.67. The van der Waals surface area contributed by atoms with Crippen LogP contribution in [0.25, 0.3) is 0 Å². The van der Waals surface area contributed by atoms with Gasteiger partial charge in [-0.2, -0.15) is 0 Å². The summed E-state index contributed by atoms with van der Waals surface area (Å²) >= 11 is 0. The highest BCUT2D eigenvalue weighted by atomic mass is 16.4. The molecule has 6 atom stereocenters. The third-order valence-electron chi connectivity index (χ3n) is 6.64. The van der Waals surface area contributed by atoms with E-state index >= 15 is 0 Å². The molecule has 3 aliphatic rings. The van der Waals surface area contributed by atoms with Gasteiger partial charge in [0.05, 0.1) is 40.7 Å². The minimum atomic E-state index is -2.69. The van der Waals surface area contributed by atoms with Gasteiger partial charge < -0.3 is 30.6 Å². The molecule has 0 fully saturated rings. The van der Waals surface area contributed by atoms with Crippen LogP contribution in [-0.4, -0.2) is 78.9 Å². The molecule has 0 radical (unpaired) electrons. The molecular weight excluding hydrogens is 394 g/mol. The van der Waals surface area contributed by atoms with Crippen molar-refractivity contribution in [3.8, 4) is 5.75 Å². The zero-order valence-corrected chi connectivity index (χ0v) is 16.6. The maximum absolute atomic E-state index is 13.2. The number of rotatable bonds is 1. The van der Waals surface area contributed by atoms with Gasteiger partial charge >= 0.3 is 0 Å². The molecule has 6 N–H and O–H groups in total. The van der Waals surface area contributed by atoms with Crippen molar-refractivity contribution in [2.75, 3.05) is 14.1 Å². The molecule has 4 rings (SSSR count). The van der Waals surface area contributed by atoms with Gasteiger partial charge in [0.15, 0.2) is 17.2 Å². The Morgan fingerprint density at radius 3 is 2.30 bits per heavy atom. The summed E-state index contributed by atoms with van der Waals surface area (Å²) in [6.07, 6.45) is -0.954. The van der Waals surface area contributed by atoms with E-state index in [0.29, 0.717) is 0 Å². The molecular formula is C21H23NO8. The molecule has 0 heterocycles. The van der Waals surface area contributed by atoms with Gasteiger partial charge in [-0.05, 0) is 32.6 Å². The molecule has 30 heavy (non-hydrogen) atoms. The molecule has 0 saturated heterocycles. The van der Waals surface area contributed by atoms with Crippen molar-refractivity contribution in [1.29, 1.82) is 0 Å². The monoisotopic (exact) mass is 417 g/mol. The summed E-state index contributed by atoms with van der Waals surface area (Å²) in [6.45, 7) is 1.31.